The number of hydrogen-bond donors (Lipinski definition) is 0. The third-order valence-corrected chi connectivity index (χ3v) is 37.4. The van der Waals surface area contributed by atoms with Crippen molar-refractivity contribution in [3.05, 3.63) is 508 Å². The standard InChI is InChI=1S/C76H56N2.C70H52N2/c1-3-15-50(16-4-1)54-34-38-73(67(44-54)52-17-5-2-6-18-52)78-72-26-14-10-22-64(72)66-37-33-57(47-75(66)78)56-32-36-65-63-21-9-13-25-71(63)77(74(65)46-56)70-24-12-8-19-60(70)53-29-27-51(28-30-53)55-31-35-62-61-20-7-11-23-68(61)76(69(62)45-55)58-40-48-39-49(42-58)43-59(76)41-48;1-3-14-46(15-4-1)48-18-13-19-54(39-48)71-66-24-11-8-21-59(66)61-31-26-49(41-68(61)71)50-27-32-62-60-22-9-12-25-67(60)72(69(62)42-50)55-29-33-56(63(43-55)47-16-5-2-6-17-47)51-28-30-58-57-20-7-10-23-64(57)70(65(58)40-51)52-35-44-34-45(37-52)38-53(70)36-44/h1-38,44-49,58-59H,39-43H2;1-33,39-45,52-53H,34-38H2. The van der Waals surface area contributed by atoms with Crippen LogP contribution in [-0.2, 0) is 10.8 Å². The molecule has 10 aliphatic rings. The molecule has 4 heteroatoms. The van der Waals surface area contributed by atoms with Gasteiger partial charge in [0.15, 0.2) is 0 Å². The van der Waals surface area contributed by atoms with E-state index in [0.717, 1.165) is 58.7 Å². The maximum atomic E-state index is 2.65. The molecule has 0 amide bonds. The molecule has 8 bridgehead atoms. The second-order valence-electron chi connectivity index (χ2n) is 44.9. The predicted octanol–water partition coefficient (Wildman–Crippen LogP) is 38.2. The Hall–Kier alpha value is -17.2. The molecule has 0 saturated heterocycles. The molecular weight excluding hydrogens is 1810 g/mol. The van der Waals surface area contributed by atoms with Gasteiger partial charge in [-0.15, -0.1) is 0 Å². The Morgan fingerprint density at radius 1 is 0.140 bits per heavy atom. The molecule has 0 N–H and O–H groups in total. The summed E-state index contributed by atoms with van der Waals surface area (Å²) in [6.07, 6.45) is 14.1. The molecule has 4 nitrogen and oxygen atoms in total. The summed E-state index contributed by atoms with van der Waals surface area (Å²) in [7, 11) is 0. The van der Waals surface area contributed by atoms with Crippen LogP contribution in [0.25, 0.3) is 232 Å². The molecule has 35 rings (SSSR count). The SMILES string of the molecule is c1ccc(-c2ccc(-n3c4ccccc4c4ccc(-c5ccc6c7ccccc7n(-c7ccccc7-c7ccc(-c8ccc9c(c8)C8(c%10ccccc%10-9)C9CC%10CC(C9)CC8C%10)cc7)c6c5)cc43)c(-c3ccccc3)c2)cc1.c1ccc(-c2cccc(-n3c4ccccc4c4ccc(-c5ccc6c7ccccc7n(-c7ccc(-c8ccc9c(c8)C8(c%10ccccc%10-9)C9CC%10CC(C9)CC8C%10)c(-c8ccccc8)c7)c6c5)cc43)c2)cc1. The monoisotopic (exact) mass is 1920 g/mol. The summed E-state index contributed by atoms with van der Waals surface area (Å²) in [5.41, 5.74) is 49.1. The van der Waals surface area contributed by atoms with E-state index >= 15 is 0 Å². The van der Waals surface area contributed by atoms with Gasteiger partial charge in [0.1, 0.15) is 0 Å². The van der Waals surface area contributed by atoms with Crippen LogP contribution in [0.1, 0.15) is 86.5 Å². The Morgan fingerprint density at radius 2 is 0.427 bits per heavy atom. The average Bonchev–Trinajstić information content (AvgIpc) is 1.50. The lowest BCUT2D eigenvalue weighted by Crippen LogP contribution is -2.55. The smallest absolute Gasteiger partial charge is 0.0547 e. The number of nitrogens with zero attached hydrogens (tertiary/aromatic N) is 4. The van der Waals surface area contributed by atoms with Crippen LogP contribution >= 0.6 is 0 Å². The van der Waals surface area contributed by atoms with Gasteiger partial charge < -0.3 is 18.3 Å². The van der Waals surface area contributed by atoms with Crippen molar-refractivity contribution in [2.45, 2.75) is 75.0 Å². The quantitative estimate of drug-likeness (QED) is 0.110. The molecule has 712 valence electrons. The first-order valence-corrected chi connectivity index (χ1v) is 54.7. The molecule has 0 radical (unpaired) electrons. The van der Waals surface area contributed by atoms with Gasteiger partial charge in [0, 0.05) is 76.4 Å². The van der Waals surface area contributed by atoms with Crippen LogP contribution in [0.2, 0.25) is 0 Å². The molecule has 8 saturated carbocycles. The normalized spacial score (nSPS) is 20.2. The molecule has 0 unspecified atom stereocenters. The van der Waals surface area contributed by atoms with Crippen molar-refractivity contribution >= 4 is 87.2 Å². The summed E-state index contributed by atoms with van der Waals surface area (Å²) in [6, 6.07) is 183. The van der Waals surface area contributed by atoms with E-state index in [9.17, 15) is 0 Å². The fraction of sp³-hybridized carbons (Fsp3) is 0.137. The molecule has 0 aliphatic heterocycles. The second-order valence-corrected chi connectivity index (χ2v) is 44.9. The number of fused-ring (bicyclic) bond motifs is 18. The fourth-order valence-electron chi connectivity index (χ4n) is 31.7. The average molecular weight is 1920 g/mol. The molecular formula is C146H108N4. The highest BCUT2D eigenvalue weighted by atomic mass is 15.0. The first-order chi connectivity index (χ1) is 74.3. The van der Waals surface area contributed by atoms with Gasteiger partial charge in [-0.25, -0.2) is 0 Å². The van der Waals surface area contributed by atoms with Crippen LogP contribution < -0.4 is 0 Å². The van der Waals surface area contributed by atoms with Crippen LogP contribution in [0.4, 0.5) is 0 Å². The minimum absolute atomic E-state index is 0.122. The van der Waals surface area contributed by atoms with Crippen LogP contribution in [0.15, 0.2) is 485 Å². The lowest BCUT2D eigenvalue weighted by atomic mass is 9.43. The highest BCUT2D eigenvalue weighted by Crippen LogP contribution is 2.72. The molecule has 4 aromatic heterocycles. The molecule has 21 aromatic carbocycles. The summed E-state index contributed by atoms with van der Waals surface area (Å²) < 4.78 is 9.96. The molecule has 0 atom stereocenters. The first kappa shape index (κ1) is 86.0. The molecule has 150 heavy (non-hydrogen) atoms. The number of para-hydroxylation sites is 5. The summed E-state index contributed by atoms with van der Waals surface area (Å²) in [5, 5.41) is 10.0. The van der Waals surface area contributed by atoms with Gasteiger partial charge in [0.25, 0.3) is 0 Å². The van der Waals surface area contributed by atoms with E-state index in [1.807, 2.05) is 0 Å². The van der Waals surface area contributed by atoms with E-state index in [1.54, 1.807) is 22.3 Å². The number of aromatic nitrogens is 4. The summed E-state index contributed by atoms with van der Waals surface area (Å²) in [5.74, 6) is 6.64. The molecule has 10 aliphatic carbocycles. The topological polar surface area (TPSA) is 19.7 Å². The third kappa shape index (κ3) is 13.0. The van der Waals surface area contributed by atoms with E-state index in [0.29, 0.717) is 0 Å². The van der Waals surface area contributed by atoms with Gasteiger partial charge in [0.05, 0.1) is 55.5 Å². The molecule has 4 heterocycles. The van der Waals surface area contributed by atoms with Crippen molar-refractivity contribution in [2.24, 2.45) is 47.3 Å². The van der Waals surface area contributed by atoms with Gasteiger partial charge in [-0.2, -0.15) is 0 Å². The second kappa shape index (κ2) is 33.7. The van der Waals surface area contributed by atoms with Crippen molar-refractivity contribution in [1.82, 2.24) is 18.3 Å². The lowest BCUT2D eigenvalue weighted by Gasteiger charge is -2.61. The number of hydrogen-bond acceptors (Lipinski definition) is 0. The minimum atomic E-state index is 0.122. The molecule has 8 fully saturated rings. The van der Waals surface area contributed by atoms with Crippen LogP contribution in [0.3, 0.4) is 0 Å². The van der Waals surface area contributed by atoms with Gasteiger partial charge in [-0.3, -0.25) is 0 Å². The summed E-state index contributed by atoms with van der Waals surface area (Å²) in [6.45, 7) is 0. The summed E-state index contributed by atoms with van der Waals surface area (Å²) >= 11 is 0. The zero-order chi connectivity index (χ0) is 98.1. The van der Waals surface area contributed by atoms with Gasteiger partial charge in [-0.1, -0.05) is 382 Å². The Balaban J connectivity index is 0.000000133. The zero-order valence-corrected chi connectivity index (χ0v) is 83.7. The Morgan fingerprint density at radius 3 is 0.893 bits per heavy atom. The Bertz CT molecular complexity index is 9790. The zero-order valence-electron chi connectivity index (χ0n) is 83.7. The maximum absolute atomic E-state index is 2.65. The summed E-state index contributed by atoms with van der Waals surface area (Å²) in [4.78, 5) is 0. The van der Waals surface area contributed by atoms with Crippen LogP contribution in [0, 0.1) is 47.3 Å². The van der Waals surface area contributed by atoms with E-state index in [2.05, 4.69) is 504 Å². The van der Waals surface area contributed by atoms with Crippen molar-refractivity contribution in [2.75, 3.05) is 0 Å². The fourth-order valence-corrected chi connectivity index (χ4v) is 31.7. The minimum Gasteiger partial charge on any atom is -0.309 e. The maximum Gasteiger partial charge on any atom is 0.0547 e. The Kier molecular flexibility index (Phi) is 19.3. The van der Waals surface area contributed by atoms with E-state index in [4.69, 9.17) is 0 Å². The van der Waals surface area contributed by atoms with E-state index in [1.165, 1.54) is 285 Å². The van der Waals surface area contributed by atoms with Crippen molar-refractivity contribution in [1.29, 1.82) is 0 Å². The predicted molar refractivity (Wildman–Crippen MR) is 626 cm³/mol. The van der Waals surface area contributed by atoms with Gasteiger partial charge in [-0.05, 0) is 348 Å². The number of rotatable bonds is 13. The molecule has 25 aromatic rings. The third-order valence-electron chi connectivity index (χ3n) is 37.4. The Labute approximate surface area is 874 Å². The van der Waals surface area contributed by atoms with Crippen molar-refractivity contribution in [3.8, 4) is 145 Å². The lowest BCUT2D eigenvalue weighted by molar-refractivity contribution is -0.0399. The van der Waals surface area contributed by atoms with Crippen LogP contribution in [-0.4, -0.2) is 18.3 Å². The first-order valence-electron chi connectivity index (χ1n) is 54.7. The van der Waals surface area contributed by atoms with E-state index < -0.39 is 0 Å². The van der Waals surface area contributed by atoms with Gasteiger partial charge in [0.2, 0.25) is 0 Å². The van der Waals surface area contributed by atoms with Crippen molar-refractivity contribution < 1.29 is 0 Å². The van der Waals surface area contributed by atoms with Crippen LogP contribution in [0.5, 0.6) is 0 Å². The van der Waals surface area contributed by atoms with Crippen molar-refractivity contribution in [3.63, 3.8) is 0 Å². The van der Waals surface area contributed by atoms with E-state index in [-0.39, 0.29) is 10.8 Å². The highest BCUT2D eigenvalue weighted by molar-refractivity contribution is 6.16. The highest BCUT2D eigenvalue weighted by Gasteiger charge is 2.63. The number of benzene rings is 21. The van der Waals surface area contributed by atoms with Gasteiger partial charge >= 0.3 is 0 Å². The largest absolute Gasteiger partial charge is 0.309 e. The molecule has 2 spiro atoms.